The molecule has 0 unspecified atom stereocenters. The Morgan fingerprint density at radius 1 is 1.35 bits per heavy atom. The van der Waals surface area contributed by atoms with Gasteiger partial charge in [-0.1, -0.05) is 0 Å². The summed E-state index contributed by atoms with van der Waals surface area (Å²) in [6, 6.07) is 6.43. The maximum Gasteiger partial charge on any atom is 0.295 e. The molecule has 0 bridgehead atoms. The molecule has 1 aromatic carbocycles. The quantitative estimate of drug-likeness (QED) is 0.686. The van der Waals surface area contributed by atoms with Crippen molar-refractivity contribution in [2.75, 3.05) is 0 Å². The number of hydrogen-bond donors (Lipinski definition) is 1. The van der Waals surface area contributed by atoms with Gasteiger partial charge in [0.15, 0.2) is 5.52 Å². The van der Waals surface area contributed by atoms with E-state index in [4.69, 9.17) is 4.74 Å². The molecule has 1 N–H and O–H groups in total. The highest BCUT2D eigenvalue weighted by Crippen LogP contribution is 2.33. The first kappa shape index (κ1) is 12.8. The summed E-state index contributed by atoms with van der Waals surface area (Å²) in [7, 11) is 0. The van der Waals surface area contributed by atoms with Crippen LogP contribution in [0.25, 0.3) is 10.9 Å². The highest BCUT2D eigenvalue weighted by atomic mass is 16.6. The van der Waals surface area contributed by atoms with Gasteiger partial charge in [0, 0.05) is 17.6 Å². The molecule has 2 aromatic rings. The van der Waals surface area contributed by atoms with Crippen LogP contribution in [0.4, 0.5) is 5.69 Å². The lowest BCUT2D eigenvalue weighted by Crippen LogP contribution is -2.25. The molecule has 1 fully saturated rings. The molecule has 1 aliphatic carbocycles. The SMILES string of the molecule is O=[N+]([O-])c1ccc(O[C@@H]2CCC[C@H]2O)c2cccnc12. The predicted molar refractivity (Wildman–Crippen MR) is 72.7 cm³/mol. The van der Waals surface area contributed by atoms with E-state index in [1.165, 1.54) is 12.3 Å². The number of nitrogens with zero attached hydrogens (tertiary/aromatic N) is 2. The van der Waals surface area contributed by atoms with Gasteiger partial charge in [-0.3, -0.25) is 10.1 Å². The number of benzene rings is 1. The van der Waals surface area contributed by atoms with E-state index in [-0.39, 0.29) is 11.8 Å². The molecule has 0 saturated heterocycles. The van der Waals surface area contributed by atoms with Crippen LogP contribution in [0, 0.1) is 10.1 Å². The highest BCUT2D eigenvalue weighted by Gasteiger charge is 2.28. The molecule has 3 rings (SSSR count). The van der Waals surface area contributed by atoms with Crippen LogP contribution < -0.4 is 4.74 Å². The fraction of sp³-hybridized carbons (Fsp3) is 0.357. The van der Waals surface area contributed by atoms with Crippen LogP contribution in [0.2, 0.25) is 0 Å². The summed E-state index contributed by atoms with van der Waals surface area (Å²) >= 11 is 0. The molecule has 0 amide bonds. The van der Waals surface area contributed by atoms with Crippen molar-refractivity contribution in [2.24, 2.45) is 0 Å². The molecule has 6 nitrogen and oxygen atoms in total. The van der Waals surface area contributed by atoms with Crippen LogP contribution in [0.15, 0.2) is 30.5 Å². The van der Waals surface area contributed by atoms with Crippen molar-refractivity contribution in [3.05, 3.63) is 40.6 Å². The van der Waals surface area contributed by atoms with E-state index in [1.807, 2.05) is 0 Å². The van der Waals surface area contributed by atoms with Crippen LogP contribution in [-0.4, -0.2) is 27.2 Å². The Balaban J connectivity index is 2.04. The molecule has 20 heavy (non-hydrogen) atoms. The average molecular weight is 274 g/mol. The van der Waals surface area contributed by atoms with E-state index >= 15 is 0 Å². The first-order chi connectivity index (χ1) is 9.66. The minimum Gasteiger partial charge on any atom is -0.487 e. The molecule has 6 heteroatoms. The van der Waals surface area contributed by atoms with Crippen molar-refractivity contribution in [2.45, 2.75) is 31.5 Å². The standard InChI is InChI=1S/C14H14N2O4/c17-11-4-1-5-13(11)20-12-7-6-10(16(18)19)14-9(12)3-2-8-15-14/h2-3,6-8,11,13,17H,1,4-5H2/t11-,13-/m1/s1. The number of pyridine rings is 1. The van der Waals surface area contributed by atoms with Gasteiger partial charge in [-0.15, -0.1) is 0 Å². The molecule has 1 heterocycles. The Morgan fingerprint density at radius 3 is 2.90 bits per heavy atom. The number of hydrogen-bond acceptors (Lipinski definition) is 5. The highest BCUT2D eigenvalue weighted by molar-refractivity contribution is 5.92. The number of aromatic nitrogens is 1. The number of nitro groups is 1. The zero-order valence-corrected chi connectivity index (χ0v) is 10.7. The zero-order valence-electron chi connectivity index (χ0n) is 10.7. The van der Waals surface area contributed by atoms with Crippen molar-refractivity contribution < 1.29 is 14.8 Å². The minimum absolute atomic E-state index is 0.0417. The fourth-order valence-corrected chi connectivity index (χ4v) is 2.59. The second kappa shape index (κ2) is 5.05. The first-order valence-corrected chi connectivity index (χ1v) is 6.53. The predicted octanol–water partition coefficient (Wildman–Crippen LogP) is 2.44. The summed E-state index contributed by atoms with van der Waals surface area (Å²) in [6.07, 6.45) is 3.24. The number of rotatable bonds is 3. The van der Waals surface area contributed by atoms with Gasteiger partial charge >= 0.3 is 0 Å². The lowest BCUT2D eigenvalue weighted by molar-refractivity contribution is -0.383. The van der Waals surface area contributed by atoms with Gasteiger partial charge in [0.25, 0.3) is 5.69 Å². The van der Waals surface area contributed by atoms with Crippen molar-refractivity contribution >= 4 is 16.6 Å². The summed E-state index contributed by atoms with van der Waals surface area (Å²) < 4.78 is 5.82. The Bertz CT molecular complexity index is 659. The Hall–Kier alpha value is -2.21. The minimum atomic E-state index is -0.475. The molecule has 2 atom stereocenters. The maximum absolute atomic E-state index is 11.0. The number of fused-ring (bicyclic) bond motifs is 1. The maximum atomic E-state index is 11.0. The molecule has 0 radical (unpaired) electrons. The molecular formula is C14H14N2O4. The van der Waals surface area contributed by atoms with Crippen molar-refractivity contribution in [1.82, 2.24) is 4.98 Å². The number of ether oxygens (including phenoxy) is 1. The van der Waals surface area contributed by atoms with Crippen LogP contribution in [0.5, 0.6) is 5.75 Å². The lowest BCUT2D eigenvalue weighted by atomic mass is 10.1. The van der Waals surface area contributed by atoms with Crippen LogP contribution in [-0.2, 0) is 0 Å². The molecule has 1 aliphatic rings. The largest absolute Gasteiger partial charge is 0.487 e. The van der Waals surface area contributed by atoms with Gasteiger partial charge in [0.2, 0.25) is 0 Å². The normalized spacial score (nSPS) is 22.1. The van der Waals surface area contributed by atoms with Crippen molar-refractivity contribution in [1.29, 1.82) is 0 Å². The van der Waals surface area contributed by atoms with E-state index in [0.29, 0.717) is 16.7 Å². The second-order valence-corrected chi connectivity index (χ2v) is 4.89. The van der Waals surface area contributed by atoms with E-state index in [9.17, 15) is 15.2 Å². The monoisotopic (exact) mass is 274 g/mol. The smallest absolute Gasteiger partial charge is 0.295 e. The molecule has 0 aliphatic heterocycles. The van der Waals surface area contributed by atoms with Gasteiger partial charge in [-0.2, -0.15) is 0 Å². The van der Waals surface area contributed by atoms with E-state index in [2.05, 4.69) is 4.98 Å². The number of nitro benzene ring substituents is 1. The molecule has 104 valence electrons. The fourth-order valence-electron chi connectivity index (χ4n) is 2.59. The summed E-state index contributed by atoms with van der Waals surface area (Å²) in [5.74, 6) is 0.532. The number of non-ortho nitro benzene ring substituents is 1. The molecule has 1 saturated carbocycles. The summed E-state index contributed by atoms with van der Waals surface area (Å²) in [6.45, 7) is 0. The van der Waals surface area contributed by atoms with Crippen molar-refractivity contribution in [3.8, 4) is 5.75 Å². The van der Waals surface area contributed by atoms with Gasteiger partial charge < -0.3 is 9.84 Å². The summed E-state index contributed by atoms with van der Waals surface area (Å²) in [5, 5.41) is 21.4. The number of aliphatic hydroxyl groups is 1. The average Bonchev–Trinajstić information content (AvgIpc) is 2.84. The Kier molecular flexibility index (Phi) is 3.23. The zero-order chi connectivity index (χ0) is 14.1. The van der Waals surface area contributed by atoms with Gasteiger partial charge in [0.05, 0.1) is 11.0 Å². The molecular weight excluding hydrogens is 260 g/mol. The van der Waals surface area contributed by atoms with Crippen LogP contribution in [0.1, 0.15) is 19.3 Å². The summed E-state index contributed by atoms with van der Waals surface area (Å²) in [5.41, 5.74) is 0.266. The van der Waals surface area contributed by atoms with Gasteiger partial charge in [0.1, 0.15) is 11.9 Å². The summed E-state index contributed by atoms with van der Waals surface area (Å²) in [4.78, 5) is 14.6. The second-order valence-electron chi connectivity index (χ2n) is 4.89. The Labute approximate surface area is 115 Å². The van der Waals surface area contributed by atoms with Crippen molar-refractivity contribution in [3.63, 3.8) is 0 Å². The Morgan fingerprint density at radius 2 is 2.20 bits per heavy atom. The molecule has 1 aromatic heterocycles. The third-order valence-electron chi connectivity index (χ3n) is 3.60. The third kappa shape index (κ3) is 2.18. The molecule has 0 spiro atoms. The van der Waals surface area contributed by atoms with Crippen LogP contribution >= 0.6 is 0 Å². The topological polar surface area (TPSA) is 85.5 Å². The van der Waals surface area contributed by atoms with E-state index < -0.39 is 11.0 Å². The number of aliphatic hydroxyl groups excluding tert-OH is 1. The third-order valence-corrected chi connectivity index (χ3v) is 3.60. The lowest BCUT2D eigenvalue weighted by Gasteiger charge is -2.18. The van der Waals surface area contributed by atoms with Gasteiger partial charge in [-0.05, 0) is 37.5 Å². The van der Waals surface area contributed by atoms with Gasteiger partial charge in [-0.25, -0.2) is 4.98 Å². The van der Waals surface area contributed by atoms with Crippen LogP contribution in [0.3, 0.4) is 0 Å². The van der Waals surface area contributed by atoms with E-state index in [1.54, 1.807) is 18.2 Å². The van der Waals surface area contributed by atoms with E-state index in [0.717, 1.165) is 19.3 Å². The first-order valence-electron chi connectivity index (χ1n) is 6.53.